The van der Waals surface area contributed by atoms with Gasteiger partial charge in [-0.05, 0) is 69.0 Å². The fraction of sp³-hybridized carbons (Fsp3) is 0.233. The molecule has 0 saturated carbocycles. The first-order valence-electron chi connectivity index (χ1n) is 39.7. The number of nitrogens with zero attached hydrogens (tertiary/aromatic N) is 12. The molecule has 14 heterocycles. The summed E-state index contributed by atoms with van der Waals surface area (Å²) in [5.41, 5.74) is 5.84. The number of piperidine rings is 2. The maximum absolute atomic E-state index is 12.6. The summed E-state index contributed by atoms with van der Waals surface area (Å²) < 4.78 is 36.3. The van der Waals surface area contributed by atoms with Crippen LogP contribution in [0.3, 0.4) is 0 Å². The van der Waals surface area contributed by atoms with E-state index in [0.717, 1.165) is 43.2 Å². The van der Waals surface area contributed by atoms with Gasteiger partial charge in [-0.25, -0.2) is 38.6 Å². The van der Waals surface area contributed by atoms with Crippen molar-refractivity contribution in [3.8, 4) is 0 Å². The van der Waals surface area contributed by atoms with Gasteiger partial charge in [0.15, 0.2) is 32.9 Å². The molecule has 0 unspecified atom stereocenters. The average molecular weight is 1880 g/mol. The van der Waals surface area contributed by atoms with Gasteiger partial charge in [-0.1, -0.05) is 60.7 Å². The molecule has 2 saturated heterocycles. The second-order valence-corrected chi connectivity index (χ2v) is 33.7. The third kappa shape index (κ3) is 26.3. The number of fused-ring (bicyclic) bond motifs is 4. The zero-order chi connectivity index (χ0) is 91.4. The number of imide groups is 2. The summed E-state index contributed by atoms with van der Waals surface area (Å²) in [4.78, 5) is 200. The Labute approximate surface area is 761 Å². The van der Waals surface area contributed by atoms with Crippen molar-refractivity contribution in [3.63, 3.8) is 0 Å². The Morgan fingerprint density at radius 3 is 1.15 bits per heavy atom. The lowest BCUT2D eigenvalue weighted by Crippen LogP contribution is -2.42. The SMILES string of the molecule is CC(=O)N1CCC(OC(=O)NC(=O)c2ccsc2NC(=O)c2cnc3ccnn3c2)CC1.CC(=O)N1CCC(OC(=O)NC(=O)c2ccsc2NC(=O)c2nc3cnccc3s2)CC1.O=C(CC(=O)c1ccsc1NC(=O)c1cnc2ccnn2c1)OCCOCc1ccccc1.O=C(CC(=O)c1ccsc1NC(=O)c1nc2cnccc2s1)OCCOCc1ccccc1. The van der Waals surface area contributed by atoms with Crippen LogP contribution in [0.1, 0.15) is 145 Å². The Morgan fingerprint density at radius 1 is 0.408 bits per heavy atom. The van der Waals surface area contributed by atoms with Gasteiger partial charge in [-0.2, -0.15) is 10.2 Å². The lowest BCUT2D eigenvalue weighted by atomic mass is 10.1. The molecule has 0 atom stereocenters. The summed E-state index contributed by atoms with van der Waals surface area (Å²) in [5, 5.41) is 31.6. The number of anilines is 4. The minimum Gasteiger partial charge on any atom is -0.463 e. The van der Waals surface area contributed by atoms with Crippen LogP contribution in [-0.4, -0.2) is 207 Å². The second kappa shape index (κ2) is 45.8. The number of hydrogen-bond acceptors (Lipinski definition) is 34. The third-order valence-corrected chi connectivity index (χ3v) is 24.4. The van der Waals surface area contributed by atoms with Gasteiger partial charge in [-0.3, -0.25) is 78.1 Å². The largest absolute Gasteiger partial charge is 0.463 e. The molecule has 0 spiro atoms. The number of rotatable bonds is 28. The van der Waals surface area contributed by atoms with Gasteiger partial charge >= 0.3 is 24.1 Å². The lowest BCUT2D eigenvalue weighted by molar-refractivity contribution is -0.145. The Kier molecular flexibility index (Phi) is 32.8. The molecular weight excluding hydrogens is 1800 g/mol. The van der Waals surface area contributed by atoms with E-state index in [4.69, 9.17) is 28.4 Å². The number of nitrogens with one attached hydrogen (secondary N) is 6. The summed E-state index contributed by atoms with van der Waals surface area (Å²) in [7, 11) is 0. The number of pyridine rings is 2. The lowest BCUT2D eigenvalue weighted by Gasteiger charge is -2.30. The number of aromatic nitrogens is 10. The Bertz CT molecular complexity index is 6120. The Hall–Kier alpha value is -14.5. The van der Waals surface area contributed by atoms with Gasteiger partial charge in [0.1, 0.15) is 69.3 Å². The standard InChI is InChI=1S/C23H20N4O5S.C23H19N3O5S2.C20H20N6O5S.C20H19N5O5S2/c28-19(12-21(29)32-10-9-31-15-16-4-2-1-3-5-16)18-7-11-33-23(18)26-22(30)17-13-24-20-6-8-25-27(20)14-17;27-18(12-20(28)31-10-9-30-14-15-4-2-1-3-5-15)16-7-11-32-22(16)26-21(29)23-25-17-13-24-8-6-19(17)33-23;1-12(27)25-7-3-14(4-8-25)31-20(30)24-18(29)15-5-9-32-19(15)23-17(28)13-10-21-16-2-6-22-26(16)11-13;1-11(26)25-7-3-12(4-8-25)30-20(29)24-16(27)13-5-9-31-18(13)23-17(28)19-22-14-10-21-6-2-15(14)32-19/h1-8,11,13-14H,9-10,12,15H2,(H,26,30);1-8,11,13H,9-10,12,14H2,(H,26,29);2,5-6,9-11,14H,3-4,7-8H2,1H3,(H,23,28)(H,24,29,30);2,5-6,9-10,12H,3-4,7-8H2,1H3,(H,23,28)(H,24,27,29). The molecule has 2 fully saturated rings. The van der Waals surface area contributed by atoms with Crippen LogP contribution in [0.15, 0.2) is 193 Å². The molecule has 2 aliphatic heterocycles. The van der Waals surface area contributed by atoms with Crippen LogP contribution in [0.2, 0.25) is 0 Å². The molecule has 14 aromatic rings. The van der Waals surface area contributed by atoms with Crippen molar-refractivity contribution >= 4 is 203 Å². The number of likely N-dealkylation sites (tertiary alicyclic amines) is 2. The molecule has 2 aliphatic rings. The topological polar surface area (TPSA) is 485 Å². The van der Waals surface area contributed by atoms with Crippen LogP contribution in [0, 0.1) is 0 Å². The number of thiophene rings is 4. The molecule has 0 bridgehead atoms. The minimum atomic E-state index is -0.868. The highest BCUT2D eigenvalue weighted by molar-refractivity contribution is 7.21. The maximum Gasteiger partial charge on any atom is 0.414 e. The van der Waals surface area contributed by atoms with Crippen molar-refractivity contribution in [2.45, 2.75) is 77.8 Å². The number of carbonyl (C=O) groups is 14. The molecule has 2 aromatic carbocycles. The molecule has 44 heteroatoms. The van der Waals surface area contributed by atoms with Gasteiger partial charge in [0.2, 0.25) is 11.8 Å². The quantitative estimate of drug-likeness (QED) is 0.00872. The fourth-order valence-corrected chi connectivity index (χ4v) is 17.3. The van der Waals surface area contributed by atoms with Gasteiger partial charge in [0.05, 0.1) is 94.0 Å². The number of ketones is 2. The number of benzene rings is 2. The molecule has 6 N–H and O–H groups in total. The van der Waals surface area contributed by atoms with Gasteiger partial charge < -0.3 is 59.5 Å². The smallest absolute Gasteiger partial charge is 0.414 e. The zero-order valence-corrected chi connectivity index (χ0v) is 73.8. The predicted octanol–water partition coefficient (Wildman–Crippen LogP) is 12.5. The molecule has 130 heavy (non-hydrogen) atoms. The van der Waals surface area contributed by atoms with Crippen LogP contribution in [0.25, 0.3) is 31.7 Å². The van der Waals surface area contributed by atoms with E-state index in [0.29, 0.717) is 102 Å². The maximum atomic E-state index is 12.6. The third-order valence-electron chi connectivity index (χ3n) is 19.0. The number of amides is 10. The summed E-state index contributed by atoms with van der Waals surface area (Å²) in [6, 6.07) is 32.4. The highest BCUT2D eigenvalue weighted by Crippen LogP contribution is 2.32. The number of Topliss-reactive ketones (excluding diaryl/α,β-unsaturated/α-hetero) is 2. The Morgan fingerprint density at radius 2 is 0.777 bits per heavy atom. The van der Waals surface area contributed by atoms with Crippen molar-refractivity contribution < 1.29 is 95.5 Å². The minimum absolute atomic E-state index is 0.0161. The number of hydrogen-bond donors (Lipinski definition) is 6. The van der Waals surface area contributed by atoms with Crippen molar-refractivity contribution in [2.24, 2.45) is 0 Å². The number of alkyl carbamates (subject to hydrolysis) is 2. The van der Waals surface area contributed by atoms with E-state index >= 15 is 0 Å². The zero-order valence-electron chi connectivity index (χ0n) is 68.9. The van der Waals surface area contributed by atoms with E-state index in [-0.39, 0.29) is 98.8 Å². The van der Waals surface area contributed by atoms with Crippen LogP contribution in [0.5, 0.6) is 0 Å². The molecule has 0 aliphatic carbocycles. The summed E-state index contributed by atoms with van der Waals surface area (Å²) in [5.74, 6) is -5.36. The average Bonchev–Trinajstić information content (AvgIpc) is 1.66. The molecular formula is C86H78N18O20S6. The highest BCUT2D eigenvalue weighted by Gasteiger charge is 2.30. The van der Waals surface area contributed by atoms with Crippen molar-refractivity contribution in [3.05, 3.63) is 247 Å². The number of thiazole rings is 2. The molecule has 16 rings (SSSR count). The highest BCUT2D eigenvalue weighted by atomic mass is 32.1. The Balaban J connectivity index is 0.000000148. The van der Waals surface area contributed by atoms with E-state index in [1.807, 2.05) is 60.7 Å². The van der Waals surface area contributed by atoms with Crippen molar-refractivity contribution in [1.82, 2.24) is 69.6 Å². The second-order valence-electron chi connectivity index (χ2n) is 28.0. The monoisotopic (exact) mass is 1870 g/mol. The van der Waals surface area contributed by atoms with Gasteiger partial charge in [-0.15, -0.1) is 68.0 Å². The van der Waals surface area contributed by atoms with Crippen LogP contribution in [0.4, 0.5) is 29.6 Å². The predicted molar refractivity (Wildman–Crippen MR) is 480 cm³/mol. The van der Waals surface area contributed by atoms with E-state index in [1.165, 1.54) is 98.9 Å². The molecule has 0 radical (unpaired) electrons. The van der Waals surface area contributed by atoms with Crippen LogP contribution < -0.4 is 31.9 Å². The van der Waals surface area contributed by atoms with Crippen LogP contribution >= 0.6 is 68.0 Å². The van der Waals surface area contributed by atoms with Gasteiger partial charge in [0, 0.05) is 115 Å². The number of carbonyl (C=O) groups excluding carboxylic acids is 14. The first-order valence-corrected chi connectivity index (χ1v) is 44.9. The van der Waals surface area contributed by atoms with E-state index in [9.17, 15) is 67.1 Å². The molecule has 10 amide bonds. The molecule has 38 nitrogen and oxygen atoms in total. The van der Waals surface area contributed by atoms with E-state index in [2.05, 4.69) is 72.0 Å². The van der Waals surface area contributed by atoms with Crippen LogP contribution in [-0.2, 0) is 60.8 Å². The molecule has 668 valence electrons. The molecule has 12 aromatic heterocycles. The summed E-state index contributed by atoms with van der Waals surface area (Å²) in [6.45, 7) is 6.39. The van der Waals surface area contributed by atoms with Crippen molar-refractivity contribution in [2.75, 3.05) is 73.9 Å². The normalized spacial score (nSPS) is 12.5. The van der Waals surface area contributed by atoms with Gasteiger partial charge in [0.25, 0.3) is 35.4 Å². The summed E-state index contributed by atoms with van der Waals surface area (Å²) >= 11 is 7.14. The number of esters is 2. The van der Waals surface area contributed by atoms with E-state index < -0.39 is 84.0 Å². The fourth-order valence-electron chi connectivity index (χ4n) is 12.5. The first-order chi connectivity index (χ1) is 63.0. The first kappa shape index (κ1) is 93.1. The number of ether oxygens (including phenoxy) is 6. The summed E-state index contributed by atoms with van der Waals surface area (Å²) in [6.07, 6.45) is 14.2. The van der Waals surface area contributed by atoms with Crippen molar-refractivity contribution in [1.29, 1.82) is 0 Å². The van der Waals surface area contributed by atoms with E-state index in [1.54, 1.807) is 111 Å².